The molecular weight excluding hydrogens is 373 g/mol. The van der Waals surface area contributed by atoms with Gasteiger partial charge in [-0.05, 0) is 19.5 Å². The number of carbonyl (C=O) groups is 1. The number of nitrogens with two attached hydrogens (primary N) is 1. The number of pyridine rings is 1. The van der Waals surface area contributed by atoms with E-state index in [1.807, 2.05) is 19.1 Å². The van der Waals surface area contributed by atoms with E-state index in [0.29, 0.717) is 13.0 Å². The van der Waals surface area contributed by atoms with Gasteiger partial charge in [-0.2, -0.15) is 0 Å². The van der Waals surface area contributed by atoms with Crippen LogP contribution < -0.4 is 16.0 Å². The molecule has 6 nitrogen and oxygen atoms in total. The number of hydrogen-bond acceptors (Lipinski definition) is 5. The number of nitrogens with zero attached hydrogens (tertiary/aromatic N) is 3. The zero-order valence-electron chi connectivity index (χ0n) is 14.1. The van der Waals surface area contributed by atoms with Crippen LogP contribution in [0.15, 0.2) is 18.3 Å². The van der Waals surface area contributed by atoms with Crippen LogP contribution in [0.4, 0.5) is 5.82 Å². The van der Waals surface area contributed by atoms with Crippen molar-refractivity contribution >= 4 is 48.9 Å². The molecule has 1 atom stereocenters. The summed E-state index contributed by atoms with van der Waals surface area (Å²) in [6.45, 7) is 6.37. The molecule has 1 aromatic heterocycles. The van der Waals surface area contributed by atoms with E-state index in [1.54, 1.807) is 6.20 Å². The van der Waals surface area contributed by atoms with Crippen molar-refractivity contribution in [3.8, 4) is 0 Å². The standard InChI is InChI=1S/C15H25N5O.3ClH/c1-3-13(16)15(21)18-11-12-5-4-6-17-14(12)20-9-7-19(2)8-10-20;;;/h4-6,13H,3,7-11,16H2,1-2H3,(H,18,21);3*1H/t13-;;;/m0.../s1. The molecular formula is C15H28Cl3N5O. The lowest BCUT2D eigenvalue weighted by atomic mass is 10.2. The molecule has 140 valence electrons. The average molecular weight is 401 g/mol. The number of halogens is 3. The predicted octanol–water partition coefficient (Wildman–Crippen LogP) is 1.45. The lowest BCUT2D eigenvalue weighted by Gasteiger charge is -2.34. The SMILES string of the molecule is CC[C@H](N)C(=O)NCc1cccnc1N1CCN(C)CC1.Cl.Cl.Cl. The number of likely N-dealkylation sites (N-methyl/N-ethyl adjacent to an activating group) is 1. The molecule has 0 aliphatic carbocycles. The molecule has 0 spiro atoms. The predicted molar refractivity (Wildman–Crippen MR) is 106 cm³/mol. The van der Waals surface area contributed by atoms with Crippen LogP contribution in [0, 0.1) is 0 Å². The van der Waals surface area contributed by atoms with Crippen molar-refractivity contribution in [1.29, 1.82) is 0 Å². The molecule has 0 unspecified atom stereocenters. The minimum absolute atomic E-state index is 0. The fraction of sp³-hybridized carbons (Fsp3) is 0.600. The highest BCUT2D eigenvalue weighted by Gasteiger charge is 2.18. The van der Waals surface area contributed by atoms with Crippen LogP contribution in [-0.2, 0) is 11.3 Å². The molecule has 2 rings (SSSR count). The topological polar surface area (TPSA) is 74.5 Å². The van der Waals surface area contributed by atoms with Gasteiger partial charge < -0.3 is 20.9 Å². The highest BCUT2D eigenvalue weighted by Crippen LogP contribution is 2.18. The Balaban J connectivity index is 0. The van der Waals surface area contributed by atoms with E-state index < -0.39 is 6.04 Å². The Labute approximate surface area is 162 Å². The Hall–Kier alpha value is -0.790. The normalized spacial score (nSPS) is 15.4. The summed E-state index contributed by atoms with van der Waals surface area (Å²) < 4.78 is 0. The molecule has 0 aromatic carbocycles. The van der Waals surface area contributed by atoms with Gasteiger partial charge in [-0.25, -0.2) is 4.98 Å². The minimum Gasteiger partial charge on any atom is -0.354 e. The van der Waals surface area contributed by atoms with Gasteiger partial charge >= 0.3 is 0 Å². The lowest BCUT2D eigenvalue weighted by Crippen LogP contribution is -2.45. The molecule has 3 N–H and O–H groups in total. The maximum atomic E-state index is 11.8. The molecule has 1 saturated heterocycles. The van der Waals surface area contributed by atoms with Crippen molar-refractivity contribution in [2.75, 3.05) is 38.1 Å². The molecule has 1 aliphatic heterocycles. The number of piperazine rings is 1. The average Bonchev–Trinajstić information content (AvgIpc) is 2.53. The van der Waals surface area contributed by atoms with E-state index in [9.17, 15) is 4.79 Å². The van der Waals surface area contributed by atoms with Gasteiger partial charge in [0.25, 0.3) is 0 Å². The van der Waals surface area contributed by atoms with Crippen molar-refractivity contribution in [2.24, 2.45) is 5.73 Å². The fourth-order valence-corrected chi connectivity index (χ4v) is 2.37. The molecule has 0 saturated carbocycles. The number of hydrogen-bond donors (Lipinski definition) is 2. The first kappa shape index (κ1) is 25.5. The molecule has 2 heterocycles. The number of aromatic nitrogens is 1. The largest absolute Gasteiger partial charge is 0.354 e. The third kappa shape index (κ3) is 6.99. The van der Waals surface area contributed by atoms with Crippen LogP contribution in [0.3, 0.4) is 0 Å². The van der Waals surface area contributed by atoms with E-state index in [2.05, 4.69) is 27.1 Å². The Morgan fingerprint density at radius 3 is 2.50 bits per heavy atom. The highest BCUT2D eigenvalue weighted by molar-refractivity contribution is 5.86. The Morgan fingerprint density at radius 2 is 1.92 bits per heavy atom. The van der Waals surface area contributed by atoms with E-state index in [0.717, 1.165) is 37.6 Å². The summed E-state index contributed by atoms with van der Waals surface area (Å²) in [6.07, 6.45) is 2.45. The van der Waals surface area contributed by atoms with Crippen LogP contribution in [0.25, 0.3) is 0 Å². The molecule has 1 amide bonds. The second-order valence-corrected chi connectivity index (χ2v) is 5.51. The van der Waals surface area contributed by atoms with Gasteiger partial charge in [0, 0.05) is 44.5 Å². The summed E-state index contributed by atoms with van der Waals surface area (Å²) in [7, 11) is 2.13. The molecule has 0 radical (unpaired) electrons. The van der Waals surface area contributed by atoms with Gasteiger partial charge in [0.2, 0.25) is 5.91 Å². The summed E-state index contributed by atoms with van der Waals surface area (Å²) in [5.74, 6) is 0.863. The smallest absolute Gasteiger partial charge is 0.237 e. The number of nitrogens with one attached hydrogen (secondary N) is 1. The summed E-state index contributed by atoms with van der Waals surface area (Å²) in [6, 6.07) is 3.48. The summed E-state index contributed by atoms with van der Waals surface area (Å²) in [5, 5.41) is 2.90. The Bertz CT molecular complexity index is 484. The Kier molecular flexibility index (Phi) is 13.3. The van der Waals surface area contributed by atoms with Crippen LogP contribution in [-0.4, -0.2) is 55.1 Å². The number of carbonyl (C=O) groups excluding carboxylic acids is 1. The molecule has 1 fully saturated rings. The molecule has 9 heteroatoms. The summed E-state index contributed by atoms with van der Waals surface area (Å²) >= 11 is 0. The first-order valence-electron chi connectivity index (χ1n) is 7.52. The molecule has 24 heavy (non-hydrogen) atoms. The summed E-state index contributed by atoms with van der Waals surface area (Å²) in [4.78, 5) is 20.9. The highest BCUT2D eigenvalue weighted by atomic mass is 35.5. The zero-order valence-corrected chi connectivity index (χ0v) is 16.6. The van der Waals surface area contributed by atoms with Gasteiger partial charge in [0.05, 0.1) is 6.04 Å². The van der Waals surface area contributed by atoms with Gasteiger partial charge in [0.1, 0.15) is 5.82 Å². The maximum Gasteiger partial charge on any atom is 0.237 e. The van der Waals surface area contributed by atoms with Gasteiger partial charge in [-0.15, -0.1) is 37.2 Å². The van der Waals surface area contributed by atoms with Crippen molar-refractivity contribution in [1.82, 2.24) is 15.2 Å². The van der Waals surface area contributed by atoms with E-state index in [1.165, 1.54) is 0 Å². The third-order valence-corrected chi connectivity index (χ3v) is 3.90. The zero-order chi connectivity index (χ0) is 15.2. The minimum atomic E-state index is -0.436. The number of anilines is 1. The second kappa shape index (κ2) is 12.6. The lowest BCUT2D eigenvalue weighted by molar-refractivity contribution is -0.122. The number of amides is 1. The van der Waals surface area contributed by atoms with Gasteiger partial charge in [-0.3, -0.25) is 4.79 Å². The summed E-state index contributed by atoms with van der Waals surface area (Å²) in [5.41, 5.74) is 6.77. The maximum absolute atomic E-state index is 11.8. The van der Waals surface area contributed by atoms with E-state index in [4.69, 9.17) is 5.73 Å². The quantitative estimate of drug-likeness (QED) is 0.782. The molecule has 1 aromatic rings. The van der Waals surface area contributed by atoms with Gasteiger partial charge in [-0.1, -0.05) is 13.0 Å². The van der Waals surface area contributed by atoms with Crippen molar-refractivity contribution in [2.45, 2.75) is 25.9 Å². The molecule has 1 aliphatic rings. The first-order valence-corrected chi connectivity index (χ1v) is 7.52. The third-order valence-electron chi connectivity index (χ3n) is 3.90. The van der Waals surface area contributed by atoms with Crippen molar-refractivity contribution in [3.05, 3.63) is 23.9 Å². The Morgan fingerprint density at radius 1 is 1.29 bits per heavy atom. The van der Waals surface area contributed by atoms with Crippen LogP contribution in [0.5, 0.6) is 0 Å². The first-order chi connectivity index (χ1) is 10.1. The fourth-order valence-electron chi connectivity index (χ4n) is 2.37. The van der Waals surface area contributed by atoms with Crippen LogP contribution >= 0.6 is 37.2 Å². The van der Waals surface area contributed by atoms with Crippen molar-refractivity contribution < 1.29 is 4.79 Å². The van der Waals surface area contributed by atoms with Gasteiger partial charge in [0.15, 0.2) is 0 Å². The van der Waals surface area contributed by atoms with Crippen LogP contribution in [0.2, 0.25) is 0 Å². The van der Waals surface area contributed by atoms with Crippen molar-refractivity contribution in [3.63, 3.8) is 0 Å². The van der Waals surface area contributed by atoms with E-state index >= 15 is 0 Å². The molecule has 0 bridgehead atoms. The number of rotatable bonds is 5. The van der Waals surface area contributed by atoms with Crippen LogP contribution in [0.1, 0.15) is 18.9 Å². The van der Waals surface area contributed by atoms with E-state index in [-0.39, 0.29) is 43.1 Å². The second-order valence-electron chi connectivity index (χ2n) is 5.51. The monoisotopic (exact) mass is 399 g/mol.